The summed E-state index contributed by atoms with van der Waals surface area (Å²) in [6.45, 7) is 4.67. The van der Waals surface area contributed by atoms with E-state index in [0.717, 1.165) is 5.11 Å². The van der Waals surface area contributed by atoms with Crippen molar-refractivity contribution in [3.63, 3.8) is 0 Å². The Hall–Kier alpha value is -0.310. The molecule has 1 atom stereocenters. The maximum atomic E-state index is 5.09. The molecule has 0 heterocycles. The fourth-order valence-corrected chi connectivity index (χ4v) is 2.25. The lowest BCUT2D eigenvalue weighted by Gasteiger charge is -2.35. The van der Waals surface area contributed by atoms with Gasteiger partial charge >= 0.3 is 0 Å². The highest BCUT2D eigenvalue weighted by Gasteiger charge is 2.27. The summed E-state index contributed by atoms with van der Waals surface area (Å²) in [7, 11) is 1.86. The van der Waals surface area contributed by atoms with Crippen molar-refractivity contribution in [2.75, 3.05) is 7.05 Å². The molecule has 2 N–H and O–H groups in total. The summed E-state index contributed by atoms with van der Waals surface area (Å²) in [5, 5.41) is 7.08. The van der Waals surface area contributed by atoms with Gasteiger partial charge in [-0.25, -0.2) is 0 Å². The van der Waals surface area contributed by atoms with Crippen molar-refractivity contribution in [1.29, 1.82) is 0 Å². The summed E-state index contributed by atoms with van der Waals surface area (Å²) in [5.41, 5.74) is 0.485. The molecule has 1 aliphatic rings. The molecule has 0 aromatic heterocycles. The van der Waals surface area contributed by atoms with Gasteiger partial charge in [-0.1, -0.05) is 20.3 Å². The smallest absolute Gasteiger partial charge is 0.166 e. The molecule has 1 fully saturated rings. The second-order valence-corrected chi connectivity index (χ2v) is 5.09. The highest BCUT2D eigenvalue weighted by atomic mass is 32.1. The predicted octanol–water partition coefficient (Wildman–Crippen LogP) is 2.05. The largest absolute Gasteiger partial charge is 0.366 e. The third-order valence-corrected chi connectivity index (χ3v) is 3.09. The Morgan fingerprint density at radius 1 is 1.46 bits per heavy atom. The van der Waals surface area contributed by atoms with E-state index in [4.69, 9.17) is 12.2 Å². The van der Waals surface area contributed by atoms with Gasteiger partial charge in [0.1, 0.15) is 0 Å². The van der Waals surface area contributed by atoms with E-state index in [1.165, 1.54) is 25.7 Å². The molecule has 3 heteroatoms. The van der Waals surface area contributed by atoms with E-state index in [1.807, 2.05) is 7.05 Å². The van der Waals surface area contributed by atoms with Crippen LogP contribution in [0.1, 0.15) is 39.5 Å². The molecule has 2 nitrogen and oxygen atoms in total. The fourth-order valence-electron chi connectivity index (χ4n) is 2.08. The van der Waals surface area contributed by atoms with E-state index in [9.17, 15) is 0 Å². The molecule has 0 amide bonds. The number of hydrogen-bond donors (Lipinski definition) is 2. The molecule has 1 rings (SSSR count). The van der Waals surface area contributed by atoms with Crippen LogP contribution in [0.4, 0.5) is 0 Å². The first-order chi connectivity index (χ1) is 6.03. The second-order valence-electron chi connectivity index (χ2n) is 4.68. The maximum absolute atomic E-state index is 5.09. The van der Waals surface area contributed by atoms with Crippen molar-refractivity contribution in [3.05, 3.63) is 0 Å². The monoisotopic (exact) mass is 200 g/mol. The van der Waals surface area contributed by atoms with Crippen molar-refractivity contribution < 1.29 is 0 Å². The minimum Gasteiger partial charge on any atom is -0.366 e. The molecule has 13 heavy (non-hydrogen) atoms. The molecule has 0 aliphatic heterocycles. The summed E-state index contributed by atoms with van der Waals surface area (Å²) in [6.07, 6.45) is 5.15. The van der Waals surface area contributed by atoms with Gasteiger partial charge in [0.15, 0.2) is 5.11 Å². The van der Waals surface area contributed by atoms with Crippen molar-refractivity contribution in [3.8, 4) is 0 Å². The van der Waals surface area contributed by atoms with Crippen LogP contribution in [0, 0.1) is 5.41 Å². The first-order valence-electron chi connectivity index (χ1n) is 5.02. The van der Waals surface area contributed by atoms with Gasteiger partial charge in [-0.15, -0.1) is 0 Å². The van der Waals surface area contributed by atoms with Crippen LogP contribution in [0.5, 0.6) is 0 Å². The summed E-state index contributed by atoms with van der Waals surface area (Å²) in [6, 6.07) is 0.573. The molecule has 0 bridgehead atoms. The lowest BCUT2D eigenvalue weighted by atomic mass is 9.75. The Labute approximate surface area is 86.5 Å². The number of thiocarbonyl (C=S) groups is 1. The summed E-state index contributed by atoms with van der Waals surface area (Å²) >= 11 is 5.09. The van der Waals surface area contributed by atoms with Crippen LogP contribution in [-0.2, 0) is 0 Å². The maximum Gasteiger partial charge on any atom is 0.166 e. The Balaban J connectivity index is 2.39. The topological polar surface area (TPSA) is 24.1 Å². The minimum absolute atomic E-state index is 0.485. The van der Waals surface area contributed by atoms with E-state index >= 15 is 0 Å². The zero-order valence-corrected chi connectivity index (χ0v) is 9.63. The summed E-state index contributed by atoms with van der Waals surface area (Å²) in [5.74, 6) is 0. The molecular formula is C10H20N2S. The Morgan fingerprint density at radius 3 is 2.69 bits per heavy atom. The lowest BCUT2D eigenvalue weighted by Crippen LogP contribution is -2.44. The molecular weight excluding hydrogens is 180 g/mol. The van der Waals surface area contributed by atoms with Crippen LogP contribution in [0.2, 0.25) is 0 Å². The van der Waals surface area contributed by atoms with Crippen molar-refractivity contribution in [1.82, 2.24) is 10.6 Å². The second kappa shape index (κ2) is 4.27. The average molecular weight is 200 g/mol. The average Bonchev–Trinajstić information content (AvgIpc) is 2.02. The lowest BCUT2D eigenvalue weighted by molar-refractivity contribution is 0.210. The van der Waals surface area contributed by atoms with Crippen LogP contribution >= 0.6 is 12.2 Å². The van der Waals surface area contributed by atoms with E-state index in [-0.39, 0.29) is 0 Å². The fraction of sp³-hybridized carbons (Fsp3) is 0.900. The van der Waals surface area contributed by atoms with Gasteiger partial charge in [-0.3, -0.25) is 0 Å². The standard InChI is InChI=1S/C10H20N2S/c1-10(2)6-4-5-8(7-10)12-9(13)11-3/h8H,4-7H2,1-3H3,(H2,11,12,13). The summed E-state index contributed by atoms with van der Waals surface area (Å²) < 4.78 is 0. The number of hydrogen-bond acceptors (Lipinski definition) is 1. The minimum atomic E-state index is 0.485. The van der Waals surface area contributed by atoms with Gasteiger partial charge in [0, 0.05) is 13.1 Å². The molecule has 0 aromatic carbocycles. The van der Waals surface area contributed by atoms with E-state index < -0.39 is 0 Å². The first-order valence-corrected chi connectivity index (χ1v) is 5.42. The Bertz CT molecular complexity index is 189. The van der Waals surface area contributed by atoms with Crippen molar-refractivity contribution in [2.45, 2.75) is 45.6 Å². The van der Waals surface area contributed by atoms with E-state index in [0.29, 0.717) is 11.5 Å². The van der Waals surface area contributed by atoms with Crippen LogP contribution in [0.25, 0.3) is 0 Å². The van der Waals surface area contributed by atoms with Crippen LogP contribution in [0.3, 0.4) is 0 Å². The molecule has 1 unspecified atom stereocenters. The number of nitrogens with one attached hydrogen (secondary N) is 2. The molecule has 0 aromatic rings. The quantitative estimate of drug-likeness (QED) is 0.634. The summed E-state index contributed by atoms with van der Waals surface area (Å²) in [4.78, 5) is 0. The van der Waals surface area contributed by atoms with Crippen LogP contribution < -0.4 is 10.6 Å². The van der Waals surface area contributed by atoms with E-state index in [1.54, 1.807) is 0 Å². The van der Waals surface area contributed by atoms with Gasteiger partial charge in [0.25, 0.3) is 0 Å². The Kier molecular flexibility index (Phi) is 3.54. The third-order valence-electron chi connectivity index (χ3n) is 2.77. The first kappa shape index (κ1) is 10.8. The molecule has 0 spiro atoms. The Morgan fingerprint density at radius 2 is 2.15 bits per heavy atom. The van der Waals surface area contributed by atoms with Crippen molar-refractivity contribution in [2.24, 2.45) is 5.41 Å². The van der Waals surface area contributed by atoms with Crippen LogP contribution in [0.15, 0.2) is 0 Å². The highest BCUT2D eigenvalue weighted by Crippen LogP contribution is 2.34. The van der Waals surface area contributed by atoms with Gasteiger partial charge in [0.05, 0.1) is 0 Å². The SMILES string of the molecule is CNC(=S)NC1CCCC(C)(C)C1. The third kappa shape index (κ3) is 3.51. The zero-order valence-electron chi connectivity index (χ0n) is 8.81. The zero-order chi connectivity index (χ0) is 9.90. The van der Waals surface area contributed by atoms with Gasteiger partial charge < -0.3 is 10.6 Å². The predicted molar refractivity (Wildman–Crippen MR) is 60.8 cm³/mol. The molecule has 0 saturated heterocycles. The van der Waals surface area contributed by atoms with Gasteiger partial charge in [-0.05, 0) is 36.9 Å². The van der Waals surface area contributed by atoms with Gasteiger partial charge in [0.2, 0.25) is 0 Å². The molecule has 1 aliphatic carbocycles. The van der Waals surface area contributed by atoms with Crippen molar-refractivity contribution >= 4 is 17.3 Å². The normalized spacial score (nSPS) is 26.5. The van der Waals surface area contributed by atoms with E-state index in [2.05, 4.69) is 24.5 Å². The highest BCUT2D eigenvalue weighted by molar-refractivity contribution is 7.80. The molecule has 0 radical (unpaired) electrons. The molecule has 1 saturated carbocycles. The van der Waals surface area contributed by atoms with Gasteiger partial charge in [-0.2, -0.15) is 0 Å². The van der Waals surface area contributed by atoms with Crippen LogP contribution in [-0.4, -0.2) is 18.2 Å². The molecule has 76 valence electrons. The number of rotatable bonds is 1.